The van der Waals surface area contributed by atoms with Crippen molar-refractivity contribution in [1.29, 1.82) is 0 Å². The van der Waals surface area contributed by atoms with Crippen molar-refractivity contribution < 1.29 is 4.79 Å². The molecule has 0 aromatic carbocycles. The first-order valence-corrected chi connectivity index (χ1v) is 8.51. The highest BCUT2D eigenvalue weighted by Gasteiger charge is 2.16. The van der Waals surface area contributed by atoms with Gasteiger partial charge in [-0.25, -0.2) is 0 Å². The second-order valence-corrected chi connectivity index (χ2v) is 6.26. The fourth-order valence-corrected chi connectivity index (χ4v) is 2.80. The molecule has 0 aromatic heterocycles. The molecular weight excluding hydrogens is 234 g/mol. The number of amides is 1. The lowest BCUT2D eigenvalue weighted by Crippen LogP contribution is -2.27. The van der Waals surface area contributed by atoms with E-state index in [1.54, 1.807) is 0 Å². The first-order chi connectivity index (χ1) is 9.24. The van der Waals surface area contributed by atoms with Crippen LogP contribution in [0.25, 0.3) is 0 Å². The summed E-state index contributed by atoms with van der Waals surface area (Å²) < 4.78 is 0. The van der Waals surface area contributed by atoms with Crippen molar-refractivity contribution in [3.05, 3.63) is 0 Å². The fourth-order valence-electron chi connectivity index (χ4n) is 2.80. The number of carbonyl (C=O) groups excluding carboxylic acids is 1. The molecule has 1 rings (SSSR count). The van der Waals surface area contributed by atoms with Crippen LogP contribution in [0.15, 0.2) is 0 Å². The Morgan fingerprint density at radius 1 is 1.00 bits per heavy atom. The van der Waals surface area contributed by atoms with E-state index in [4.69, 9.17) is 0 Å². The molecule has 0 spiro atoms. The molecule has 19 heavy (non-hydrogen) atoms. The molecule has 1 heterocycles. The van der Waals surface area contributed by atoms with E-state index >= 15 is 0 Å². The van der Waals surface area contributed by atoms with Crippen molar-refractivity contribution in [3.63, 3.8) is 0 Å². The molecule has 1 aliphatic heterocycles. The summed E-state index contributed by atoms with van der Waals surface area (Å²) in [7, 11) is 0. The predicted octanol–water partition coefficient (Wildman–Crippen LogP) is 4.78. The summed E-state index contributed by atoms with van der Waals surface area (Å²) in [5, 5.41) is 0. The van der Waals surface area contributed by atoms with E-state index in [0.29, 0.717) is 5.91 Å². The lowest BCUT2D eigenvalue weighted by Gasteiger charge is -2.14. The number of carbonyl (C=O) groups is 1. The Labute approximate surface area is 119 Å². The van der Waals surface area contributed by atoms with Crippen LogP contribution in [-0.4, -0.2) is 23.9 Å². The van der Waals surface area contributed by atoms with Gasteiger partial charge in [0.2, 0.25) is 5.91 Å². The average molecular weight is 267 g/mol. The van der Waals surface area contributed by atoms with Crippen molar-refractivity contribution >= 4 is 5.91 Å². The Bertz CT molecular complexity index is 233. The molecule has 1 atom stereocenters. The second kappa shape index (κ2) is 10.3. The van der Waals surface area contributed by atoms with E-state index in [-0.39, 0.29) is 0 Å². The van der Waals surface area contributed by atoms with Crippen LogP contribution >= 0.6 is 0 Å². The largest absolute Gasteiger partial charge is 0.343 e. The molecule has 0 aromatic rings. The van der Waals surface area contributed by atoms with Gasteiger partial charge in [0.25, 0.3) is 0 Å². The number of hydrogen-bond acceptors (Lipinski definition) is 1. The van der Waals surface area contributed by atoms with Crippen LogP contribution in [0.3, 0.4) is 0 Å². The Hall–Kier alpha value is -0.530. The predicted molar refractivity (Wildman–Crippen MR) is 82.2 cm³/mol. The van der Waals surface area contributed by atoms with Crippen molar-refractivity contribution in [2.45, 2.75) is 84.5 Å². The van der Waals surface area contributed by atoms with Crippen LogP contribution in [0.5, 0.6) is 0 Å². The average Bonchev–Trinajstić information content (AvgIpc) is 2.95. The lowest BCUT2D eigenvalue weighted by atomic mass is 10.00. The Kier molecular flexibility index (Phi) is 8.94. The third kappa shape index (κ3) is 7.59. The molecule has 0 radical (unpaired) electrons. The SMILES string of the molecule is CCC(C)CCCCCCCCC(=O)N1CCCC1. The monoisotopic (exact) mass is 267 g/mol. The van der Waals surface area contributed by atoms with E-state index in [1.807, 2.05) is 4.90 Å². The summed E-state index contributed by atoms with van der Waals surface area (Å²) in [5.41, 5.74) is 0. The molecule has 2 nitrogen and oxygen atoms in total. The summed E-state index contributed by atoms with van der Waals surface area (Å²) in [6.45, 7) is 6.65. The van der Waals surface area contributed by atoms with Crippen LogP contribution in [0, 0.1) is 5.92 Å². The highest BCUT2D eigenvalue weighted by molar-refractivity contribution is 5.76. The number of unbranched alkanes of at least 4 members (excludes halogenated alkanes) is 5. The van der Waals surface area contributed by atoms with E-state index < -0.39 is 0 Å². The fraction of sp³-hybridized carbons (Fsp3) is 0.941. The van der Waals surface area contributed by atoms with E-state index in [2.05, 4.69) is 13.8 Å². The minimum Gasteiger partial charge on any atom is -0.343 e. The van der Waals surface area contributed by atoms with Crippen molar-refractivity contribution in [2.24, 2.45) is 5.92 Å². The van der Waals surface area contributed by atoms with E-state index in [9.17, 15) is 4.79 Å². The van der Waals surface area contributed by atoms with Crippen LogP contribution < -0.4 is 0 Å². The quantitative estimate of drug-likeness (QED) is 0.522. The normalized spacial score (nSPS) is 16.8. The number of rotatable bonds is 10. The first kappa shape index (κ1) is 16.5. The van der Waals surface area contributed by atoms with E-state index in [1.165, 1.54) is 57.8 Å². The smallest absolute Gasteiger partial charge is 0.222 e. The van der Waals surface area contributed by atoms with Gasteiger partial charge in [0, 0.05) is 19.5 Å². The van der Waals surface area contributed by atoms with Crippen LogP contribution in [0.4, 0.5) is 0 Å². The van der Waals surface area contributed by atoms with Crippen LogP contribution in [-0.2, 0) is 4.79 Å². The summed E-state index contributed by atoms with van der Waals surface area (Å²) in [6.07, 6.45) is 13.7. The van der Waals surface area contributed by atoms with Gasteiger partial charge in [-0.1, -0.05) is 58.8 Å². The molecule has 1 saturated heterocycles. The maximum atomic E-state index is 11.8. The molecule has 0 N–H and O–H groups in total. The maximum absolute atomic E-state index is 11.8. The lowest BCUT2D eigenvalue weighted by molar-refractivity contribution is -0.130. The zero-order valence-corrected chi connectivity index (χ0v) is 13.1. The molecule has 0 bridgehead atoms. The maximum Gasteiger partial charge on any atom is 0.222 e. The molecule has 0 saturated carbocycles. The molecule has 1 unspecified atom stereocenters. The Morgan fingerprint density at radius 3 is 2.21 bits per heavy atom. The van der Waals surface area contributed by atoms with Gasteiger partial charge in [-0.05, 0) is 25.2 Å². The number of nitrogens with zero attached hydrogens (tertiary/aromatic N) is 1. The minimum absolute atomic E-state index is 0.397. The third-order valence-corrected chi connectivity index (χ3v) is 4.49. The van der Waals surface area contributed by atoms with Crippen LogP contribution in [0.1, 0.15) is 84.5 Å². The van der Waals surface area contributed by atoms with Crippen molar-refractivity contribution in [3.8, 4) is 0 Å². The zero-order valence-electron chi connectivity index (χ0n) is 13.1. The molecule has 1 aliphatic rings. The summed E-state index contributed by atoms with van der Waals surface area (Å²) >= 11 is 0. The van der Waals surface area contributed by atoms with Gasteiger partial charge in [0.15, 0.2) is 0 Å². The van der Waals surface area contributed by atoms with Gasteiger partial charge in [0.05, 0.1) is 0 Å². The van der Waals surface area contributed by atoms with Crippen molar-refractivity contribution in [2.75, 3.05) is 13.1 Å². The van der Waals surface area contributed by atoms with Crippen LogP contribution in [0.2, 0.25) is 0 Å². The van der Waals surface area contributed by atoms with Gasteiger partial charge in [-0.2, -0.15) is 0 Å². The zero-order chi connectivity index (χ0) is 13.9. The van der Waals surface area contributed by atoms with Gasteiger partial charge in [-0.15, -0.1) is 0 Å². The highest BCUT2D eigenvalue weighted by Crippen LogP contribution is 2.15. The number of hydrogen-bond donors (Lipinski definition) is 0. The van der Waals surface area contributed by atoms with Crippen molar-refractivity contribution in [1.82, 2.24) is 4.90 Å². The van der Waals surface area contributed by atoms with Gasteiger partial charge in [-0.3, -0.25) is 4.79 Å². The standard InChI is InChI=1S/C17H33NO/c1-3-16(2)12-8-6-4-5-7-9-13-17(19)18-14-10-11-15-18/h16H,3-15H2,1-2H3. The Balaban J connectivity index is 1.84. The molecule has 112 valence electrons. The van der Waals surface area contributed by atoms with E-state index in [0.717, 1.165) is 31.8 Å². The first-order valence-electron chi connectivity index (χ1n) is 8.51. The molecule has 1 amide bonds. The topological polar surface area (TPSA) is 20.3 Å². The van der Waals surface area contributed by atoms with Gasteiger partial charge >= 0.3 is 0 Å². The summed E-state index contributed by atoms with van der Waals surface area (Å²) in [4.78, 5) is 13.9. The van der Waals surface area contributed by atoms with Gasteiger partial charge < -0.3 is 4.90 Å². The minimum atomic E-state index is 0.397. The second-order valence-electron chi connectivity index (χ2n) is 6.26. The summed E-state index contributed by atoms with van der Waals surface area (Å²) in [6, 6.07) is 0. The molecule has 0 aliphatic carbocycles. The van der Waals surface area contributed by atoms with Gasteiger partial charge in [0.1, 0.15) is 0 Å². The summed E-state index contributed by atoms with van der Waals surface area (Å²) in [5.74, 6) is 1.30. The molecule has 1 fully saturated rings. The molecular formula is C17H33NO. The molecule has 2 heteroatoms. The number of likely N-dealkylation sites (tertiary alicyclic amines) is 1. The third-order valence-electron chi connectivity index (χ3n) is 4.49. The highest BCUT2D eigenvalue weighted by atomic mass is 16.2. The Morgan fingerprint density at radius 2 is 1.58 bits per heavy atom.